The molecule has 33 heavy (non-hydrogen) atoms. The highest BCUT2D eigenvalue weighted by atomic mass is 32.1. The summed E-state index contributed by atoms with van der Waals surface area (Å²) < 4.78 is 6.17. The number of benzene rings is 3. The summed E-state index contributed by atoms with van der Waals surface area (Å²) in [5.41, 5.74) is 2.94. The Morgan fingerprint density at radius 1 is 1.00 bits per heavy atom. The lowest BCUT2D eigenvalue weighted by Gasteiger charge is -2.23. The van der Waals surface area contributed by atoms with Gasteiger partial charge >= 0.3 is 5.91 Å². The fourth-order valence-corrected chi connectivity index (χ4v) is 4.95. The van der Waals surface area contributed by atoms with Gasteiger partial charge in [0.2, 0.25) is 0 Å². The number of ether oxygens (including phenoxy) is 1. The smallest absolute Gasteiger partial charge is 0.301 e. The fourth-order valence-electron chi connectivity index (χ4n) is 3.96. The number of carbonyl (C=O) groups excluding carboxylic acids is 2. The number of hydrogen-bond acceptors (Lipinski definition) is 6. The van der Waals surface area contributed by atoms with Gasteiger partial charge in [0.1, 0.15) is 11.5 Å². The van der Waals surface area contributed by atoms with E-state index in [-0.39, 0.29) is 11.3 Å². The maximum absolute atomic E-state index is 13.3. The second kappa shape index (κ2) is 8.18. The number of nitrogens with zero attached hydrogens (tertiary/aromatic N) is 2. The first-order chi connectivity index (χ1) is 16.0. The molecule has 3 aromatic carbocycles. The summed E-state index contributed by atoms with van der Waals surface area (Å²) in [6.07, 6.45) is 0. The van der Waals surface area contributed by atoms with E-state index in [1.807, 2.05) is 43.3 Å². The number of anilines is 1. The Bertz CT molecular complexity index is 1370. The first kappa shape index (κ1) is 20.9. The molecular weight excluding hydrogens is 436 g/mol. The molecule has 4 aromatic rings. The number of amides is 1. The Morgan fingerprint density at radius 3 is 2.36 bits per heavy atom. The van der Waals surface area contributed by atoms with Crippen LogP contribution in [0.25, 0.3) is 16.0 Å². The van der Waals surface area contributed by atoms with Crippen LogP contribution >= 0.6 is 11.3 Å². The van der Waals surface area contributed by atoms with Gasteiger partial charge in [0.25, 0.3) is 5.78 Å². The van der Waals surface area contributed by atoms with Crippen LogP contribution in [0, 0.1) is 6.92 Å². The Morgan fingerprint density at radius 2 is 1.70 bits per heavy atom. The van der Waals surface area contributed by atoms with Crippen molar-refractivity contribution in [3.8, 4) is 5.75 Å². The molecular formula is C26H20N2O4S. The first-order valence-electron chi connectivity index (χ1n) is 10.4. The number of thiazole rings is 1. The number of Topliss-reactive ketones (excluding diaryl/α,β-unsaturated/α-hetero) is 1. The van der Waals surface area contributed by atoms with Crippen molar-refractivity contribution in [3.05, 3.63) is 95.1 Å². The quantitative estimate of drug-likeness (QED) is 0.258. The minimum Gasteiger partial charge on any atom is -0.507 e. The highest BCUT2D eigenvalue weighted by Crippen LogP contribution is 2.44. The number of rotatable bonds is 4. The Hall–Kier alpha value is -3.97. The zero-order valence-corrected chi connectivity index (χ0v) is 18.8. The lowest BCUT2D eigenvalue weighted by Crippen LogP contribution is -2.29. The highest BCUT2D eigenvalue weighted by molar-refractivity contribution is 7.22. The van der Waals surface area contributed by atoms with Crippen LogP contribution in [0.2, 0.25) is 0 Å². The van der Waals surface area contributed by atoms with Gasteiger partial charge in [0.05, 0.1) is 28.9 Å². The maximum Gasteiger partial charge on any atom is 0.301 e. The summed E-state index contributed by atoms with van der Waals surface area (Å²) in [4.78, 5) is 32.5. The van der Waals surface area contributed by atoms with Gasteiger partial charge in [-0.15, -0.1) is 0 Å². The minimum atomic E-state index is -0.822. The van der Waals surface area contributed by atoms with Gasteiger partial charge in [-0.05, 0) is 36.8 Å². The van der Waals surface area contributed by atoms with E-state index in [1.165, 1.54) is 16.2 Å². The topological polar surface area (TPSA) is 79.7 Å². The van der Waals surface area contributed by atoms with E-state index in [2.05, 4.69) is 4.98 Å². The van der Waals surface area contributed by atoms with Gasteiger partial charge in [0.15, 0.2) is 5.13 Å². The van der Waals surface area contributed by atoms with E-state index in [4.69, 9.17) is 4.74 Å². The van der Waals surface area contributed by atoms with Crippen LogP contribution in [0.5, 0.6) is 5.75 Å². The molecule has 1 aromatic heterocycles. The van der Waals surface area contributed by atoms with Gasteiger partial charge < -0.3 is 9.84 Å². The molecule has 5 rings (SSSR count). The van der Waals surface area contributed by atoms with Gasteiger partial charge in [-0.3, -0.25) is 14.5 Å². The van der Waals surface area contributed by atoms with Crippen LogP contribution in [0.1, 0.15) is 22.7 Å². The molecule has 6 nitrogen and oxygen atoms in total. The van der Waals surface area contributed by atoms with E-state index < -0.39 is 17.7 Å². The predicted octanol–water partition coefficient (Wildman–Crippen LogP) is 5.24. The molecule has 1 N–H and O–H groups in total. The maximum atomic E-state index is 13.3. The summed E-state index contributed by atoms with van der Waals surface area (Å²) in [6.45, 7) is 1.94. The lowest BCUT2D eigenvalue weighted by atomic mass is 9.95. The van der Waals surface area contributed by atoms with Gasteiger partial charge in [-0.1, -0.05) is 65.4 Å². The third-order valence-electron chi connectivity index (χ3n) is 5.69. The second-order valence-electron chi connectivity index (χ2n) is 7.77. The molecule has 0 aliphatic carbocycles. The zero-order chi connectivity index (χ0) is 23.1. The lowest BCUT2D eigenvalue weighted by molar-refractivity contribution is -0.132. The number of aliphatic hydroxyl groups excluding tert-OH is 1. The molecule has 1 aliphatic heterocycles. The molecule has 1 amide bonds. The molecule has 0 radical (unpaired) electrons. The molecule has 1 fully saturated rings. The zero-order valence-electron chi connectivity index (χ0n) is 18.0. The number of methoxy groups -OCH3 is 1. The van der Waals surface area contributed by atoms with E-state index in [9.17, 15) is 14.7 Å². The minimum absolute atomic E-state index is 0.0354. The van der Waals surface area contributed by atoms with Crippen molar-refractivity contribution in [2.24, 2.45) is 0 Å². The number of para-hydroxylation sites is 1. The van der Waals surface area contributed by atoms with Crippen molar-refractivity contribution in [2.45, 2.75) is 13.0 Å². The highest BCUT2D eigenvalue weighted by Gasteiger charge is 2.48. The van der Waals surface area contributed by atoms with Crippen LogP contribution in [0.3, 0.4) is 0 Å². The van der Waals surface area contributed by atoms with Crippen LogP contribution in [-0.2, 0) is 9.59 Å². The van der Waals surface area contributed by atoms with E-state index in [0.717, 1.165) is 15.8 Å². The van der Waals surface area contributed by atoms with Crippen LogP contribution in [-0.4, -0.2) is 28.9 Å². The van der Waals surface area contributed by atoms with Crippen molar-refractivity contribution in [1.29, 1.82) is 0 Å². The van der Waals surface area contributed by atoms with Crippen molar-refractivity contribution in [1.82, 2.24) is 4.98 Å². The fraction of sp³-hybridized carbons (Fsp3) is 0.115. The van der Waals surface area contributed by atoms with Crippen molar-refractivity contribution in [3.63, 3.8) is 0 Å². The summed E-state index contributed by atoms with van der Waals surface area (Å²) in [6, 6.07) is 21.0. The van der Waals surface area contributed by atoms with Crippen molar-refractivity contribution < 1.29 is 19.4 Å². The number of aryl methyl sites for hydroxylation is 1. The number of aliphatic hydroxyl groups is 1. The molecule has 1 saturated heterocycles. The SMILES string of the molecule is COc1ccc(C2/C(=C(/O)c3ccc(C)cc3)C(=O)C(=O)N2c2nc3ccccc3s2)cc1. The molecule has 1 unspecified atom stereocenters. The average molecular weight is 457 g/mol. The monoisotopic (exact) mass is 456 g/mol. The molecule has 1 aliphatic rings. The Balaban J connectivity index is 1.72. The third kappa shape index (κ3) is 3.56. The van der Waals surface area contributed by atoms with Gasteiger partial charge in [-0.25, -0.2) is 4.98 Å². The van der Waals surface area contributed by atoms with Gasteiger partial charge in [-0.2, -0.15) is 0 Å². The van der Waals surface area contributed by atoms with Crippen molar-refractivity contribution >= 4 is 44.1 Å². The van der Waals surface area contributed by atoms with Crippen LogP contribution < -0.4 is 9.64 Å². The van der Waals surface area contributed by atoms with Crippen molar-refractivity contribution in [2.75, 3.05) is 12.0 Å². The second-order valence-corrected chi connectivity index (χ2v) is 8.78. The molecule has 0 saturated carbocycles. The molecule has 164 valence electrons. The summed E-state index contributed by atoms with van der Waals surface area (Å²) in [5.74, 6) is -1.02. The van der Waals surface area contributed by atoms with E-state index >= 15 is 0 Å². The number of hydrogen-bond donors (Lipinski definition) is 1. The molecule has 0 bridgehead atoms. The number of carbonyl (C=O) groups is 2. The number of ketones is 1. The Kier molecular flexibility index (Phi) is 5.18. The first-order valence-corrected chi connectivity index (χ1v) is 11.2. The van der Waals surface area contributed by atoms with Crippen LogP contribution in [0.4, 0.5) is 5.13 Å². The summed E-state index contributed by atoms with van der Waals surface area (Å²) >= 11 is 1.33. The van der Waals surface area contributed by atoms with E-state index in [0.29, 0.717) is 22.0 Å². The number of fused-ring (bicyclic) bond motifs is 1. The molecule has 7 heteroatoms. The van der Waals surface area contributed by atoms with E-state index in [1.54, 1.807) is 43.5 Å². The van der Waals surface area contributed by atoms with Gasteiger partial charge in [0, 0.05) is 5.56 Å². The normalized spacial score (nSPS) is 17.6. The molecule has 0 spiro atoms. The average Bonchev–Trinajstić information content (AvgIpc) is 3.37. The summed E-state index contributed by atoms with van der Waals surface area (Å²) in [5, 5.41) is 11.6. The largest absolute Gasteiger partial charge is 0.507 e. The third-order valence-corrected chi connectivity index (χ3v) is 6.73. The number of aromatic nitrogens is 1. The standard InChI is InChI=1S/C26H20N2O4S/c1-15-7-9-17(10-8-15)23(29)21-22(16-11-13-18(32-2)14-12-16)28(25(31)24(21)30)26-27-19-5-3-4-6-20(19)33-26/h3-14,22,29H,1-2H3/b23-21-. The predicted molar refractivity (Wildman–Crippen MR) is 129 cm³/mol. The summed E-state index contributed by atoms with van der Waals surface area (Å²) in [7, 11) is 1.57. The van der Waals surface area contributed by atoms with Crippen LogP contribution in [0.15, 0.2) is 78.4 Å². The molecule has 2 heterocycles. The molecule has 1 atom stereocenters. The Labute approximate surface area is 194 Å².